The van der Waals surface area contributed by atoms with Gasteiger partial charge in [0.25, 0.3) is 5.91 Å². The third-order valence-electron chi connectivity index (χ3n) is 4.73. The zero-order chi connectivity index (χ0) is 17.5. The number of aryl methyl sites for hydroxylation is 1. The lowest BCUT2D eigenvalue weighted by Crippen LogP contribution is -2.42. The number of hydrogen-bond donors (Lipinski definition) is 0. The van der Waals surface area contributed by atoms with Crippen LogP contribution in [-0.2, 0) is 9.84 Å². The van der Waals surface area contributed by atoms with Crippen molar-refractivity contribution in [2.24, 2.45) is 0 Å². The van der Waals surface area contributed by atoms with Crippen LogP contribution in [0.25, 0.3) is 11.0 Å². The minimum atomic E-state index is -2.95. The Morgan fingerprint density at radius 3 is 2.58 bits per heavy atom. The lowest BCUT2D eigenvalue weighted by Gasteiger charge is -2.30. The molecule has 1 aromatic heterocycles. The molecule has 2 aromatic rings. The van der Waals surface area contributed by atoms with Crippen LogP contribution in [0.15, 0.2) is 22.6 Å². The van der Waals surface area contributed by atoms with Crippen molar-refractivity contribution >= 4 is 26.7 Å². The summed E-state index contributed by atoms with van der Waals surface area (Å²) in [6, 6.07) is 5.38. The molecule has 7 heteroatoms. The van der Waals surface area contributed by atoms with Crippen molar-refractivity contribution in [3.05, 3.63) is 29.5 Å². The molecule has 1 amide bonds. The summed E-state index contributed by atoms with van der Waals surface area (Å²) in [5.41, 5.74) is 1.39. The van der Waals surface area contributed by atoms with Gasteiger partial charge >= 0.3 is 0 Å². The molecule has 0 saturated carbocycles. The van der Waals surface area contributed by atoms with E-state index >= 15 is 0 Å². The highest BCUT2D eigenvalue weighted by atomic mass is 32.2. The van der Waals surface area contributed by atoms with Crippen molar-refractivity contribution in [1.82, 2.24) is 4.90 Å². The number of carbonyl (C=O) groups is 1. The maximum Gasteiger partial charge on any atom is 0.289 e. The first kappa shape index (κ1) is 16.8. The molecule has 0 N–H and O–H groups in total. The van der Waals surface area contributed by atoms with E-state index in [1.165, 1.54) is 0 Å². The topological polar surface area (TPSA) is 76.8 Å². The number of fused-ring (bicyclic) bond motifs is 1. The van der Waals surface area contributed by atoms with Crippen LogP contribution in [-0.4, -0.2) is 50.9 Å². The minimum Gasteiger partial charge on any atom is -0.497 e. The van der Waals surface area contributed by atoms with Gasteiger partial charge in [0, 0.05) is 30.1 Å². The van der Waals surface area contributed by atoms with Crippen LogP contribution in [0.3, 0.4) is 0 Å². The number of methoxy groups -OCH3 is 1. The van der Waals surface area contributed by atoms with Crippen LogP contribution in [0, 0.1) is 6.92 Å². The Morgan fingerprint density at radius 2 is 1.96 bits per heavy atom. The fourth-order valence-corrected chi connectivity index (χ4v) is 4.59. The van der Waals surface area contributed by atoms with Crippen LogP contribution in [0.1, 0.15) is 29.0 Å². The van der Waals surface area contributed by atoms with Crippen molar-refractivity contribution in [1.29, 1.82) is 0 Å². The quantitative estimate of drug-likeness (QED) is 0.849. The maximum absolute atomic E-state index is 12.8. The second kappa shape index (κ2) is 6.12. The maximum atomic E-state index is 12.8. The van der Waals surface area contributed by atoms with Crippen LogP contribution < -0.4 is 4.74 Å². The van der Waals surface area contributed by atoms with Crippen LogP contribution in [0.4, 0.5) is 0 Å². The first-order valence-corrected chi connectivity index (χ1v) is 9.69. The van der Waals surface area contributed by atoms with Crippen molar-refractivity contribution in [3.8, 4) is 5.75 Å². The van der Waals surface area contributed by atoms with Gasteiger partial charge in [-0.15, -0.1) is 0 Å². The molecule has 0 spiro atoms. The Hall–Kier alpha value is -2.02. The van der Waals surface area contributed by atoms with Gasteiger partial charge in [-0.25, -0.2) is 8.42 Å². The Balaban J connectivity index is 1.86. The Kier molecular flexibility index (Phi) is 4.29. The third-order valence-corrected chi connectivity index (χ3v) is 6.45. The van der Waals surface area contributed by atoms with E-state index in [2.05, 4.69) is 0 Å². The molecule has 1 aliphatic rings. The SMILES string of the molecule is COc1ccc2c(C)c(C(=O)N(C)C3CCS(=O)(=O)CC3)oc2c1. The van der Waals surface area contributed by atoms with E-state index < -0.39 is 9.84 Å². The number of amides is 1. The lowest BCUT2D eigenvalue weighted by molar-refractivity contribution is 0.0691. The first-order valence-electron chi connectivity index (χ1n) is 7.87. The zero-order valence-electron chi connectivity index (χ0n) is 14.0. The van der Waals surface area contributed by atoms with Crippen molar-refractivity contribution in [3.63, 3.8) is 0 Å². The number of hydrogen-bond acceptors (Lipinski definition) is 5. The molecule has 0 radical (unpaired) electrons. The first-order chi connectivity index (χ1) is 11.3. The van der Waals surface area contributed by atoms with E-state index in [1.807, 2.05) is 19.1 Å². The van der Waals surface area contributed by atoms with E-state index in [1.54, 1.807) is 25.1 Å². The van der Waals surface area contributed by atoms with Gasteiger partial charge in [-0.05, 0) is 31.9 Å². The van der Waals surface area contributed by atoms with Gasteiger partial charge in [0.15, 0.2) is 5.76 Å². The molecule has 24 heavy (non-hydrogen) atoms. The molecule has 3 rings (SSSR count). The number of sulfone groups is 1. The standard InChI is InChI=1S/C17H21NO5S/c1-11-14-5-4-13(22-3)10-15(14)23-16(11)17(19)18(2)12-6-8-24(20,21)9-7-12/h4-5,10,12H,6-9H2,1-3H3. The monoisotopic (exact) mass is 351 g/mol. The van der Waals surface area contributed by atoms with Crippen molar-refractivity contribution in [2.45, 2.75) is 25.8 Å². The molecule has 1 saturated heterocycles. The molecule has 0 atom stereocenters. The summed E-state index contributed by atoms with van der Waals surface area (Å²) in [6.45, 7) is 1.85. The minimum absolute atomic E-state index is 0.0804. The summed E-state index contributed by atoms with van der Waals surface area (Å²) in [6.07, 6.45) is 0.940. The van der Waals surface area contributed by atoms with E-state index in [0.29, 0.717) is 29.9 Å². The number of benzene rings is 1. The molecule has 1 aliphatic heterocycles. The smallest absolute Gasteiger partial charge is 0.289 e. The molecule has 0 unspecified atom stereocenters. The number of nitrogens with zero attached hydrogens (tertiary/aromatic N) is 1. The summed E-state index contributed by atoms with van der Waals surface area (Å²) in [5.74, 6) is 1.01. The summed E-state index contributed by atoms with van der Waals surface area (Å²) >= 11 is 0. The highest BCUT2D eigenvalue weighted by Gasteiger charge is 2.31. The second-order valence-electron chi connectivity index (χ2n) is 6.22. The van der Waals surface area contributed by atoms with Gasteiger partial charge in [0.2, 0.25) is 0 Å². The number of ether oxygens (including phenoxy) is 1. The predicted octanol–water partition coefficient (Wildman–Crippen LogP) is 2.40. The summed E-state index contributed by atoms with van der Waals surface area (Å²) in [4.78, 5) is 14.4. The highest BCUT2D eigenvalue weighted by molar-refractivity contribution is 7.91. The number of furan rings is 1. The van der Waals surface area contributed by atoms with E-state index in [0.717, 1.165) is 10.9 Å². The van der Waals surface area contributed by atoms with Crippen LogP contribution in [0.2, 0.25) is 0 Å². The Labute approximate surface area is 141 Å². The molecule has 2 heterocycles. The Bertz CT molecular complexity index is 870. The molecular weight excluding hydrogens is 330 g/mol. The molecule has 130 valence electrons. The average Bonchev–Trinajstić information content (AvgIpc) is 2.89. The highest BCUT2D eigenvalue weighted by Crippen LogP contribution is 2.30. The van der Waals surface area contributed by atoms with Gasteiger partial charge < -0.3 is 14.1 Å². The molecule has 0 bridgehead atoms. The Morgan fingerprint density at radius 1 is 1.29 bits per heavy atom. The molecular formula is C17H21NO5S. The van der Waals surface area contributed by atoms with Gasteiger partial charge in [-0.2, -0.15) is 0 Å². The summed E-state index contributed by atoms with van der Waals surface area (Å²) in [5, 5.41) is 0.874. The predicted molar refractivity (Wildman–Crippen MR) is 91.3 cm³/mol. The van der Waals surface area contributed by atoms with Gasteiger partial charge in [0.05, 0.1) is 18.6 Å². The fourth-order valence-electron chi connectivity index (χ4n) is 3.13. The zero-order valence-corrected chi connectivity index (χ0v) is 14.9. The molecule has 0 aliphatic carbocycles. The molecule has 1 fully saturated rings. The van der Waals surface area contributed by atoms with E-state index in [-0.39, 0.29) is 23.5 Å². The summed E-state index contributed by atoms with van der Waals surface area (Å²) < 4.78 is 34.1. The van der Waals surface area contributed by atoms with Gasteiger partial charge in [-0.3, -0.25) is 4.79 Å². The van der Waals surface area contributed by atoms with Crippen molar-refractivity contribution in [2.75, 3.05) is 25.7 Å². The fraction of sp³-hybridized carbons (Fsp3) is 0.471. The van der Waals surface area contributed by atoms with E-state index in [4.69, 9.17) is 9.15 Å². The normalized spacial score (nSPS) is 17.8. The van der Waals surface area contributed by atoms with E-state index in [9.17, 15) is 13.2 Å². The largest absolute Gasteiger partial charge is 0.497 e. The van der Waals surface area contributed by atoms with Crippen molar-refractivity contribution < 1.29 is 22.4 Å². The lowest BCUT2D eigenvalue weighted by atomic mass is 10.1. The second-order valence-corrected chi connectivity index (χ2v) is 8.52. The van der Waals surface area contributed by atoms with Gasteiger partial charge in [0.1, 0.15) is 21.2 Å². The molecule has 1 aromatic carbocycles. The molecule has 6 nitrogen and oxygen atoms in total. The third kappa shape index (κ3) is 3.00. The van der Waals surface area contributed by atoms with Crippen LogP contribution in [0.5, 0.6) is 5.75 Å². The van der Waals surface area contributed by atoms with Crippen LogP contribution >= 0.6 is 0 Å². The number of rotatable bonds is 3. The number of carbonyl (C=O) groups excluding carboxylic acids is 1. The van der Waals surface area contributed by atoms with Gasteiger partial charge in [-0.1, -0.05) is 0 Å². The average molecular weight is 351 g/mol. The summed E-state index contributed by atoms with van der Waals surface area (Å²) in [7, 11) is 0.333.